The first kappa shape index (κ1) is 16.2. The van der Waals surface area contributed by atoms with Crippen molar-refractivity contribution < 1.29 is 14.0 Å². The number of fused-ring (bicyclic) bond motifs is 2. The number of hydrogen-bond donors (Lipinski definition) is 0. The predicted molar refractivity (Wildman–Crippen MR) is 97.7 cm³/mol. The van der Waals surface area contributed by atoms with E-state index in [0.717, 1.165) is 35.1 Å². The van der Waals surface area contributed by atoms with Crippen molar-refractivity contribution in [2.45, 2.75) is 31.6 Å². The lowest BCUT2D eigenvalue weighted by Crippen LogP contribution is -2.47. The molecule has 1 aromatic heterocycles. The Balaban J connectivity index is 1.53. The highest BCUT2D eigenvalue weighted by Crippen LogP contribution is 2.31. The maximum Gasteiger partial charge on any atom is 0.463 e. The van der Waals surface area contributed by atoms with Crippen LogP contribution in [0.4, 0.5) is 10.3 Å². The van der Waals surface area contributed by atoms with E-state index in [9.17, 15) is 14.8 Å². The molecule has 1 unspecified atom stereocenters. The SMILES string of the molecule is [O-][n+]1nc(N2CCC(c3ccccc3F)C2)[n+]([O-])c2cc3c(cc21)CCC3. The summed E-state index contributed by atoms with van der Waals surface area (Å²) in [6, 6.07) is 10.3. The summed E-state index contributed by atoms with van der Waals surface area (Å²) in [5.41, 5.74) is 3.56. The lowest BCUT2D eigenvalue weighted by molar-refractivity contribution is -0.673. The van der Waals surface area contributed by atoms with E-state index in [1.807, 2.05) is 12.1 Å². The number of benzene rings is 2. The number of hydrogen-bond acceptors (Lipinski definition) is 4. The summed E-state index contributed by atoms with van der Waals surface area (Å²) < 4.78 is 14.9. The van der Waals surface area contributed by atoms with E-state index in [-0.39, 0.29) is 17.7 Å². The Morgan fingerprint density at radius 3 is 2.59 bits per heavy atom. The predicted octanol–water partition coefficient (Wildman–Crippen LogP) is 2.12. The van der Waals surface area contributed by atoms with E-state index >= 15 is 0 Å². The summed E-state index contributed by atoms with van der Waals surface area (Å²) in [5, 5.41) is 29.4. The Hall–Kier alpha value is -2.96. The zero-order valence-electron chi connectivity index (χ0n) is 14.8. The van der Waals surface area contributed by atoms with E-state index in [1.54, 1.807) is 23.1 Å². The first-order valence-corrected chi connectivity index (χ1v) is 9.30. The molecule has 27 heavy (non-hydrogen) atoms. The molecule has 0 saturated carbocycles. The molecule has 0 radical (unpaired) electrons. The molecule has 0 amide bonds. The van der Waals surface area contributed by atoms with Crippen molar-refractivity contribution in [3.63, 3.8) is 0 Å². The van der Waals surface area contributed by atoms with Crippen molar-refractivity contribution in [1.82, 2.24) is 5.10 Å². The van der Waals surface area contributed by atoms with E-state index in [2.05, 4.69) is 5.10 Å². The molecule has 3 aromatic rings. The molecule has 1 atom stereocenters. The minimum absolute atomic E-state index is 0.0242. The van der Waals surface area contributed by atoms with Crippen LogP contribution in [0.25, 0.3) is 11.0 Å². The molecule has 138 valence electrons. The lowest BCUT2D eigenvalue weighted by atomic mass is 9.98. The first-order chi connectivity index (χ1) is 13.1. The Kier molecular flexibility index (Phi) is 3.63. The van der Waals surface area contributed by atoms with E-state index < -0.39 is 0 Å². The van der Waals surface area contributed by atoms with Crippen molar-refractivity contribution in [2.75, 3.05) is 18.0 Å². The highest BCUT2D eigenvalue weighted by Gasteiger charge is 2.36. The van der Waals surface area contributed by atoms with Crippen LogP contribution in [0.3, 0.4) is 0 Å². The molecule has 7 heteroatoms. The van der Waals surface area contributed by atoms with Gasteiger partial charge in [-0.15, -0.1) is 0 Å². The number of halogens is 1. The van der Waals surface area contributed by atoms with Crippen molar-refractivity contribution >= 4 is 17.0 Å². The van der Waals surface area contributed by atoms with Crippen molar-refractivity contribution in [2.24, 2.45) is 0 Å². The molecule has 2 heterocycles. The number of nitrogens with zero attached hydrogens (tertiary/aromatic N) is 4. The molecule has 2 aromatic carbocycles. The molecule has 2 aliphatic rings. The van der Waals surface area contributed by atoms with Gasteiger partial charge in [0.05, 0.1) is 13.1 Å². The number of anilines is 1. The smallest absolute Gasteiger partial charge is 0.463 e. The molecule has 1 saturated heterocycles. The van der Waals surface area contributed by atoms with Gasteiger partial charge in [-0.25, -0.2) is 9.12 Å². The summed E-state index contributed by atoms with van der Waals surface area (Å²) in [6.07, 6.45) is 3.62. The third-order valence-corrected chi connectivity index (χ3v) is 5.79. The maximum absolute atomic E-state index is 14.1. The first-order valence-electron chi connectivity index (χ1n) is 9.30. The second-order valence-electron chi connectivity index (χ2n) is 7.38. The average Bonchev–Trinajstić information content (AvgIpc) is 3.33. The standard InChI is InChI=1S/C20H19FN4O2/c21-17-7-2-1-6-16(17)15-8-9-23(12-15)20-22-25(27)19-11-14-5-3-4-13(14)10-18(19)24(20)26/h1-2,6-7,10-11,15H,3-5,8-9,12H2. The second-order valence-corrected chi connectivity index (χ2v) is 7.38. The summed E-state index contributed by atoms with van der Waals surface area (Å²) in [7, 11) is 0. The Morgan fingerprint density at radius 2 is 1.81 bits per heavy atom. The van der Waals surface area contributed by atoms with Crippen molar-refractivity contribution in [3.05, 3.63) is 69.3 Å². The van der Waals surface area contributed by atoms with Gasteiger partial charge in [-0.1, -0.05) is 18.2 Å². The average molecular weight is 366 g/mol. The Labute approximate surface area is 155 Å². The lowest BCUT2D eigenvalue weighted by Gasteiger charge is -2.16. The quantitative estimate of drug-likeness (QED) is 0.515. The van der Waals surface area contributed by atoms with Crippen molar-refractivity contribution in [3.8, 4) is 0 Å². The van der Waals surface area contributed by atoms with E-state index in [1.165, 1.54) is 6.07 Å². The number of aryl methyl sites for hydroxylation is 2. The fourth-order valence-electron chi connectivity index (χ4n) is 4.39. The van der Waals surface area contributed by atoms with Gasteiger partial charge >= 0.3 is 5.95 Å². The Bertz CT molecular complexity index is 1060. The van der Waals surface area contributed by atoms with E-state index in [0.29, 0.717) is 41.0 Å². The maximum atomic E-state index is 14.1. The highest BCUT2D eigenvalue weighted by molar-refractivity contribution is 5.71. The summed E-state index contributed by atoms with van der Waals surface area (Å²) >= 11 is 0. The largest absolute Gasteiger partial charge is 0.739 e. The van der Waals surface area contributed by atoms with Crippen molar-refractivity contribution in [1.29, 1.82) is 0 Å². The van der Waals surface area contributed by atoms with Crippen LogP contribution < -0.4 is 14.5 Å². The van der Waals surface area contributed by atoms with Crippen LogP contribution in [0.15, 0.2) is 36.4 Å². The molecular formula is C20H19FN4O2. The third kappa shape index (κ3) is 2.57. The van der Waals surface area contributed by atoms with Crippen LogP contribution >= 0.6 is 0 Å². The van der Waals surface area contributed by atoms with E-state index in [4.69, 9.17) is 0 Å². The summed E-state index contributed by atoms with van der Waals surface area (Å²) in [5.74, 6) is -0.168. The van der Waals surface area contributed by atoms with Gasteiger partial charge in [0.2, 0.25) is 5.10 Å². The van der Waals surface area contributed by atoms with Crippen LogP contribution in [-0.2, 0) is 12.8 Å². The number of aromatic nitrogens is 3. The second kappa shape index (κ2) is 6.04. The molecule has 0 spiro atoms. The number of rotatable bonds is 2. The van der Waals surface area contributed by atoms with Gasteiger partial charge in [0, 0.05) is 16.8 Å². The zero-order valence-corrected chi connectivity index (χ0v) is 14.8. The molecule has 1 aliphatic heterocycles. The van der Waals surface area contributed by atoms with Crippen LogP contribution in [0.1, 0.15) is 35.4 Å². The molecular weight excluding hydrogens is 347 g/mol. The van der Waals surface area contributed by atoms with Crippen LogP contribution in [-0.4, -0.2) is 18.2 Å². The van der Waals surface area contributed by atoms with Crippen LogP contribution in [0.5, 0.6) is 0 Å². The fourth-order valence-corrected chi connectivity index (χ4v) is 4.39. The summed E-state index contributed by atoms with van der Waals surface area (Å²) in [4.78, 5) is 2.33. The fraction of sp³-hybridized carbons (Fsp3) is 0.350. The molecule has 1 fully saturated rings. The topological polar surface area (TPSA) is 70.0 Å². The summed E-state index contributed by atoms with van der Waals surface area (Å²) in [6.45, 7) is 1.03. The normalized spacial score (nSPS) is 19.0. The molecule has 0 N–H and O–H groups in total. The van der Waals surface area contributed by atoms with Gasteiger partial charge in [0.25, 0.3) is 5.52 Å². The minimum Gasteiger partial charge on any atom is -0.739 e. The van der Waals surface area contributed by atoms with Gasteiger partial charge in [-0.2, -0.15) is 0 Å². The van der Waals surface area contributed by atoms with Crippen LogP contribution in [0.2, 0.25) is 0 Å². The highest BCUT2D eigenvalue weighted by atomic mass is 19.1. The van der Waals surface area contributed by atoms with Gasteiger partial charge in [0.15, 0.2) is 5.52 Å². The molecule has 6 nitrogen and oxygen atoms in total. The molecule has 5 rings (SSSR count). The van der Waals surface area contributed by atoms with Gasteiger partial charge < -0.3 is 10.4 Å². The van der Waals surface area contributed by atoms with Crippen LogP contribution in [0, 0.1) is 16.2 Å². The minimum atomic E-state index is -0.236. The van der Waals surface area contributed by atoms with Gasteiger partial charge in [0.1, 0.15) is 5.82 Å². The monoisotopic (exact) mass is 366 g/mol. The third-order valence-electron chi connectivity index (χ3n) is 5.79. The molecule has 0 bridgehead atoms. The Morgan fingerprint density at radius 1 is 1.07 bits per heavy atom. The zero-order chi connectivity index (χ0) is 18.5. The van der Waals surface area contributed by atoms with Gasteiger partial charge in [-0.05, 0) is 54.5 Å². The molecule has 1 aliphatic carbocycles. The van der Waals surface area contributed by atoms with Gasteiger partial charge in [-0.3, -0.25) is 4.90 Å².